The lowest BCUT2D eigenvalue weighted by Crippen LogP contribution is -1.97. The topological polar surface area (TPSA) is 38.3 Å². The summed E-state index contributed by atoms with van der Waals surface area (Å²) in [6.07, 6.45) is 5.23. The van der Waals surface area contributed by atoms with E-state index in [4.69, 9.17) is 4.74 Å². The maximum absolute atomic E-state index is 12.0. The van der Waals surface area contributed by atoms with Crippen LogP contribution >= 0.6 is 11.8 Å². The maximum atomic E-state index is 12.0. The molecule has 0 fully saturated rings. The Morgan fingerprint density at radius 3 is 2.41 bits per heavy atom. The van der Waals surface area contributed by atoms with Gasteiger partial charge in [-0.3, -0.25) is 4.79 Å². The summed E-state index contributed by atoms with van der Waals surface area (Å²) in [6.45, 7) is 2.55. The quantitative estimate of drug-likeness (QED) is 0.460. The van der Waals surface area contributed by atoms with Crippen molar-refractivity contribution in [1.29, 1.82) is 0 Å². The van der Waals surface area contributed by atoms with E-state index in [1.807, 2.05) is 37.4 Å². The Labute approximate surface area is 135 Å². The van der Waals surface area contributed by atoms with Crippen molar-refractivity contribution < 1.29 is 9.53 Å². The fourth-order valence-electron chi connectivity index (χ4n) is 1.88. The first kappa shape index (κ1) is 16.2. The zero-order valence-electron chi connectivity index (χ0n) is 12.7. The van der Waals surface area contributed by atoms with Crippen molar-refractivity contribution in [1.82, 2.24) is 0 Å². The number of hydrogen-bond acceptors (Lipinski definition) is 4. The van der Waals surface area contributed by atoms with E-state index in [-0.39, 0.29) is 5.78 Å². The maximum Gasteiger partial charge on any atom is 0.187 e. The van der Waals surface area contributed by atoms with Gasteiger partial charge in [0.15, 0.2) is 5.78 Å². The van der Waals surface area contributed by atoms with Crippen molar-refractivity contribution in [2.45, 2.75) is 11.8 Å². The van der Waals surface area contributed by atoms with Crippen LogP contribution in [0.4, 0.5) is 5.69 Å². The number of allylic oxidation sites excluding steroid dienone is 1. The highest BCUT2D eigenvalue weighted by atomic mass is 32.2. The van der Waals surface area contributed by atoms with Crippen molar-refractivity contribution in [3.05, 3.63) is 66.4 Å². The van der Waals surface area contributed by atoms with Gasteiger partial charge in [0, 0.05) is 28.4 Å². The fraction of sp³-hybridized carbons (Fsp3) is 0.167. The van der Waals surface area contributed by atoms with Crippen LogP contribution in [0.2, 0.25) is 0 Å². The first-order chi connectivity index (χ1) is 10.7. The summed E-state index contributed by atoms with van der Waals surface area (Å²) in [6, 6.07) is 15.2. The number of rotatable bonds is 7. The molecule has 2 aromatic carbocycles. The SMILES string of the molecule is CCOc1ccc(C(=O)C=CNc2ccc(SC)cc2)cc1. The molecule has 3 nitrogen and oxygen atoms in total. The molecule has 0 aliphatic heterocycles. The molecular formula is C18H19NO2S. The van der Waals surface area contributed by atoms with Gasteiger partial charge in [-0.25, -0.2) is 0 Å². The number of carbonyl (C=O) groups is 1. The van der Waals surface area contributed by atoms with E-state index in [0.29, 0.717) is 12.2 Å². The van der Waals surface area contributed by atoms with Gasteiger partial charge in [0.1, 0.15) is 5.75 Å². The number of ketones is 1. The van der Waals surface area contributed by atoms with Crippen LogP contribution in [0.15, 0.2) is 65.7 Å². The molecule has 0 saturated heterocycles. The van der Waals surface area contributed by atoms with Crippen LogP contribution in [0.25, 0.3) is 0 Å². The van der Waals surface area contributed by atoms with Gasteiger partial charge in [-0.2, -0.15) is 0 Å². The molecule has 2 aromatic rings. The standard InChI is InChI=1S/C18H19NO2S/c1-3-21-16-8-4-14(5-9-16)18(20)12-13-19-15-6-10-17(22-2)11-7-15/h4-13,19H,3H2,1-2H3. The summed E-state index contributed by atoms with van der Waals surface area (Å²) >= 11 is 1.70. The number of nitrogens with one attached hydrogen (secondary N) is 1. The third kappa shape index (κ3) is 4.67. The molecule has 0 heterocycles. The second-order valence-electron chi connectivity index (χ2n) is 4.53. The van der Waals surface area contributed by atoms with E-state index in [1.54, 1.807) is 42.2 Å². The number of hydrogen-bond donors (Lipinski definition) is 1. The number of thioether (sulfide) groups is 1. The average molecular weight is 313 g/mol. The molecule has 2 rings (SSSR count). The predicted molar refractivity (Wildman–Crippen MR) is 92.9 cm³/mol. The monoisotopic (exact) mass is 313 g/mol. The molecule has 0 aliphatic rings. The minimum Gasteiger partial charge on any atom is -0.494 e. The van der Waals surface area contributed by atoms with E-state index >= 15 is 0 Å². The van der Waals surface area contributed by atoms with Crippen LogP contribution in [0, 0.1) is 0 Å². The molecule has 0 atom stereocenters. The van der Waals surface area contributed by atoms with Crippen molar-refractivity contribution in [2.75, 3.05) is 18.2 Å². The fourth-order valence-corrected chi connectivity index (χ4v) is 2.29. The summed E-state index contributed by atoms with van der Waals surface area (Å²) in [4.78, 5) is 13.2. The van der Waals surface area contributed by atoms with Crippen molar-refractivity contribution in [3.63, 3.8) is 0 Å². The van der Waals surface area contributed by atoms with Gasteiger partial charge in [-0.1, -0.05) is 0 Å². The van der Waals surface area contributed by atoms with Crippen molar-refractivity contribution in [2.24, 2.45) is 0 Å². The third-order valence-electron chi connectivity index (χ3n) is 3.02. The van der Waals surface area contributed by atoms with Crippen molar-refractivity contribution >= 4 is 23.2 Å². The van der Waals surface area contributed by atoms with Gasteiger partial charge >= 0.3 is 0 Å². The summed E-state index contributed by atoms with van der Waals surface area (Å²) in [7, 11) is 0. The zero-order valence-corrected chi connectivity index (χ0v) is 13.5. The van der Waals surface area contributed by atoms with Crippen LogP contribution < -0.4 is 10.1 Å². The summed E-state index contributed by atoms with van der Waals surface area (Å²) in [5.41, 5.74) is 1.59. The molecule has 1 N–H and O–H groups in total. The Morgan fingerprint density at radius 2 is 1.82 bits per heavy atom. The molecular weight excluding hydrogens is 294 g/mol. The smallest absolute Gasteiger partial charge is 0.187 e. The Hall–Kier alpha value is -2.20. The summed E-state index contributed by atoms with van der Waals surface area (Å²) in [5.74, 6) is 0.728. The van der Waals surface area contributed by atoms with Gasteiger partial charge in [-0.05, 0) is 61.7 Å². The molecule has 0 saturated carbocycles. The second-order valence-corrected chi connectivity index (χ2v) is 5.41. The van der Waals surface area contributed by atoms with Crippen LogP contribution in [-0.2, 0) is 0 Å². The molecule has 0 unspecified atom stereocenters. The van der Waals surface area contributed by atoms with Crippen LogP contribution in [-0.4, -0.2) is 18.6 Å². The minimum absolute atomic E-state index is 0.0451. The highest BCUT2D eigenvalue weighted by Gasteiger charge is 2.01. The van der Waals surface area contributed by atoms with E-state index in [0.717, 1.165) is 11.4 Å². The number of benzene rings is 2. The van der Waals surface area contributed by atoms with Gasteiger partial charge in [0.2, 0.25) is 0 Å². The third-order valence-corrected chi connectivity index (χ3v) is 3.77. The molecule has 0 amide bonds. The molecule has 4 heteroatoms. The molecule has 0 spiro atoms. The Morgan fingerprint density at radius 1 is 1.14 bits per heavy atom. The summed E-state index contributed by atoms with van der Waals surface area (Å²) in [5, 5.41) is 3.09. The van der Waals surface area contributed by atoms with E-state index < -0.39 is 0 Å². The lowest BCUT2D eigenvalue weighted by atomic mass is 10.1. The van der Waals surface area contributed by atoms with Crippen LogP contribution in [0.1, 0.15) is 17.3 Å². The Bertz CT molecular complexity index is 633. The second kappa shape index (κ2) is 8.29. The molecule has 0 aliphatic carbocycles. The number of ether oxygens (including phenoxy) is 1. The van der Waals surface area contributed by atoms with Crippen LogP contribution in [0.5, 0.6) is 5.75 Å². The zero-order chi connectivity index (χ0) is 15.8. The lowest BCUT2D eigenvalue weighted by Gasteiger charge is -2.03. The number of carbonyl (C=O) groups excluding carboxylic acids is 1. The first-order valence-electron chi connectivity index (χ1n) is 7.07. The van der Waals surface area contributed by atoms with Gasteiger partial charge in [-0.15, -0.1) is 11.8 Å². The van der Waals surface area contributed by atoms with E-state index in [2.05, 4.69) is 5.32 Å². The normalized spacial score (nSPS) is 10.6. The van der Waals surface area contributed by atoms with Gasteiger partial charge in [0.05, 0.1) is 6.61 Å². The van der Waals surface area contributed by atoms with Gasteiger partial charge < -0.3 is 10.1 Å². The number of anilines is 1. The summed E-state index contributed by atoms with van der Waals surface area (Å²) < 4.78 is 5.36. The Kier molecular flexibility index (Phi) is 6.10. The Balaban J connectivity index is 1.92. The lowest BCUT2D eigenvalue weighted by molar-refractivity contribution is 0.104. The average Bonchev–Trinajstić information content (AvgIpc) is 2.56. The predicted octanol–water partition coefficient (Wildman–Crippen LogP) is 4.62. The largest absolute Gasteiger partial charge is 0.494 e. The molecule has 0 bridgehead atoms. The highest BCUT2D eigenvalue weighted by Crippen LogP contribution is 2.17. The molecule has 0 aromatic heterocycles. The van der Waals surface area contributed by atoms with E-state index in [9.17, 15) is 4.79 Å². The van der Waals surface area contributed by atoms with Crippen LogP contribution in [0.3, 0.4) is 0 Å². The molecule has 22 heavy (non-hydrogen) atoms. The minimum atomic E-state index is -0.0451. The first-order valence-corrected chi connectivity index (χ1v) is 8.29. The molecule has 114 valence electrons. The molecule has 0 radical (unpaired) electrons. The van der Waals surface area contributed by atoms with Gasteiger partial charge in [0.25, 0.3) is 0 Å². The van der Waals surface area contributed by atoms with E-state index in [1.165, 1.54) is 11.0 Å². The highest BCUT2D eigenvalue weighted by molar-refractivity contribution is 7.98. The van der Waals surface area contributed by atoms with Crippen molar-refractivity contribution in [3.8, 4) is 5.75 Å².